The highest BCUT2D eigenvalue weighted by atomic mass is 79.9. The Morgan fingerprint density at radius 3 is 2.81 bits per heavy atom. The number of aliphatic imine (C=N–C) groups is 1. The van der Waals surface area contributed by atoms with Crippen molar-refractivity contribution in [1.82, 2.24) is 5.16 Å². The van der Waals surface area contributed by atoms with E-state index in [0.717, 1.165) is 10.0 Å². The zero-order valence-corrected chi connectivity index (χ0v) is 9.77. The number of hydrogen-bond donors (Lipinski definition) is 0. The van der Waals surface area contributed by atoms with Gasteiger partial charge in [0.15, 0.2) is 5.76 Å². The first-order valence-corrected chi connectivity index (χ1v) is 5.35. The molecule has 1 heterocycles. The van der Waals surface area contributed by atoms with Crippen LogP contribution >= 0.6 is 15.9 Å². The Morgan fingerprint density at radius 1 is 1.38 bits per heavy atom. The van der Waals surface area contributed by atoms with E-state index >= 15 is 0 Å². The molecule has 1 aromatic carbocycles. The molecule has 0 atom stereocenters. The molecular formula is C11H7BrN2O2. The highest BCUT2D eigenvalue weighted by Crippen LogP contribution is 2.21. The summed E-state index contributed by atoms with van der Waals surface area (Å²) in [7, 11) is 0. The van der Waals surface area contributed by atoms with E-state index in [9.17, 15) is 4.79 Å². The Bertz CT molecular complexity index is 527. The Balaban J connectivity index is 2.23. The predicted molar refractivity (Wildman–Crippen MR) is 61.2 cm³/mol. The Labute approximate surface area is 100 Å². The second kappa shape index (κ2) is 4.88. The van der Waals surface area contributed by atoms with Gasteiger partial charge in [-0.05, 0) is 17.7 Å². The molecule has 0 aliphatic carbocycles. The summed E-state index contributed by atoms with van der Waals surface area (Å²) in [6.45, 7) is 0. The van der Waals surface area contributed by atoms with Crippen LogP contribution in [0.3, 0.4) is 0 Å². The van der Waals surface area contributed by atoms with Gasteiger partial charge in [-0.15, -0.1) is 0 Å². The predicted octanol–water partition coefficient (Wildman–Crippen LogP) is 3.00. The van der Waals surface area contributed by atoms with Crippen molar-refractivity contribution in [3.8, 4) is 0 Å². The van der Waals surface area contributed by atoms with Gasteiger partial charge in [0.25, 0.3) is 0 Å². The summed E-state index contributed by atoms with van der Waals surface area (Å²) < 4.78 is 6.03. The number of aromatic nitrogens is 1. The number of halogens is 1. The summed E-state index contributed by atoms with van der Waals surface area (Å²) in [6.07, 6.45) is 3.42. The summed E-state index contributed by atoms with van der Waals surface area (Å²) in [4.78, 5) is 13.7. The van der Waals surface area contributed by atoms with Crippen LogP contribution in [0.4, 0.5) is 5.69 Å². The average molecular weight is 279 g/mol. The van der Waals surface area contributed by atoms with E-state index < -0.39 is 0 Å². The zero-order valence-electron chi connectivity index (χ0n) is 8.18. The third-order valence-corrected chi connectivity index (χ3v) is 2.60. The molecule has 0 bridgehead atoms. The van der Waals surface area contributed by atoms with Crippen LogP contribution in [0, 0.1) is 0 Å². The molecule has 1 aromatic heterocycles. The van der Waals surface area contributed by atoms with Crippen LogP contribution < -0.4 is 0 Å². The molecule has 0 saturated heterocycles. The summed E-state index contributed by atoms with van der Waals surface area (Å²) in [6, 6.07) is 7.80. The Hall–Kier alpha value is -1.71. The van der Waals surface area contributed by atoms with E-state index in [0.29, 0.717) is 17.9 Å². The lowest BCUT2D eigenvalue weighted by atomic mass is 10.1. The molecule has 0 aliphatic heterocycles. The number of benzene rings is 1. The van der Waals surface area contributed by atoms with Crippen molar-refractivity contribution < 1.29 is 9.32 Å². The monoisotopic (exact) mass is 278 g/mol. The van der Waals surface area contributed by atoms with Crippen LogP contribution in [-0.2, 0) is 11.2 Å². The van der Waals surface area contributed by atoms with Gasteiger partial charge in [0.2, 0.25) is 6.08 Å². The maximum atomic E-state index is 10.2. The first-order valence-electron chi connectivity index (χ1n) is 4.55. The minimum atomic E-state index is 0.429. The highest BCUT2D eigenvalue weighted by molar-refractivity contribution is 9.10. The van der Waals surface area contributed by atoms with Crippen LogP contribution in [0.15, 0.2) is 44.5 Å². The molecule has 0 aliphatic rings. The number of rotatable bonds is 3. The topological polar surface area (TPSA) is 55.5 Å². The van der Waals surface area contributed by atoms with E-state index in [-0.39, 0.29) is 0 Å². The minimum absolute atomic E-state index is 0.429. The lowest BCUT2D eigenvalue weighted by Gasteiger charge is -1.98. The number of hydrogen-bond acceptors (Lipinski definition) is 4. The fourth-order valence-corrected chi connectivity index (χ4v) is 1.57. The fourth-order valence-electron chi connectivity index (χ4n) is 1.31. The first kappa shape index (κ1) is 10.8. The van der Waals surface area contributed by atoms with E-state index in [4.69, 9.17) is 4.52 Å². The molecule has 80 valence electrons. The van der Waals surface area contributed by atoms with Crippen molar-refractivity contribution in [2.45, 2.75) is 6.42 Å². The molecule has 16 heavy (non-hydrogen) atoms. The van der Waals surface area contributed by atoms with Gasteiger partial charge in [-0.3, -0.25) is 0 Å². The fraction of sp³-hybridized carbons (Fsp3) is 0.0909. The minimum Gasteiger partial charge on any atom is -0.359 e. The largest absolute Gasteiger partial charge is 0.359 e. The molecule has 2 rings (SSSR count). The molecule has 5 heteroatoms. The quantitative estimate of drug-likeness (QED) is 0.641. The van der Waals surface area contributed by atoms with Crippen LogP contribution in [0.25, 0.3) is 0 Å². The van der Waals surface area contributed by atoms with Crippen molar-refractivity contribution in [2.24, 2.45) is 4.99 Å². The number of isocyanates is 1. The smallest absolute Gasteiger partial charge is 0.240 e. The summed E-state index contributed by atoms with van der Waals surface area (Å²) >= 11 is 3.36. The lowest BCUT2D eigenvalue weighted by molar-refractivity contribution is 0.390. The normalized spacial score (nSPS) is 9.81. The number of nitrogens with zero attached hydrogens (tertiary/aromatic N) is 2. The lowest BCUT2D eigenvalue weighted by Crippen LogP contribution is -1.85. The van der Waals surface area contributed by atoms with Crippen molar-refractivity contribution in [1.29, 1.82) is 0 Å². The Morgan fingerprint density at radius 2 is 2.12 bits per heavy atom. The molecule has 0 radical (unpaired) electrons. The first-order chi connectivity index (χ1) is 7.79. The van der Waals surface area contributed by atoms with E-state index in [1.807, 2.05) is 24.3 Å². The van der Waals surface area contributed by atoms with Gasteiger partial charge in [-0.1, -0.05) is 33.2 Å². The van der Waals surface area contributed by atoms with Crippen LogP contribution in [0.2, 0.25) is 0 Å². The van der Waals surface area contributed by atoms with Gasteiger partial charge >= 0.3 is 0 Å². The SMILES string of the molecule is O=C=Nc1cnoc1Cc1ccc(Br)cc1. The van der Waals surface area contributed by atoms with Crippen molar-refractivity contribution >= 4 is 27.7 Å². The highest BCUT2D eigenvalue weighted by Gasteiger charge is 2.08. The summed E-state index contributed by atoms with van der Waals surface area (Å²) in [5, 5.41) is 3.60. The van der Waals surface area contributed by atoms with Crippen molar-refractivity contribution in [3.63, 3.8) is 0 Å². The zero-order chi connectivity index (χ0) is 11.4. The second-order valence-electron chi connectivity index (χ2n) is 3.14. The third kappa shape index (κ3) is 2.45. The van der Waals surface area contributed by atoms with Gasteiger partial charge in [-0.25, -0.2) is 4.79 Å². The van der Waals surface area contributed by atoms with Crippen LogP contribution in [0.1, 0.15) is 11.3 Å². The van der Waals surface area contributed by atoms with E-state index in [1.165, 1.54) is 12.3 Å². The van der Waals surface area contributed by atoms with Gasteiger partial charge in [0.05, 0.1) is 6.20 Å². The molecule has 0 fully saturated rings. The maximum absolute atomic E-state index is 10.2. The average Bonchev–Trinajstić information content (AvgIpc) is 2.70. The molecular weight excluding hydrogens is 272 g/mol. The van der Waals surface area contributed by atoms with Crippen LogP contribution in [0.5, 0.6) is 0 Å². The number of carbonyl (C=O) groups excluding carboxylic acids is 1. The molecule has 0 unspecified atom stereocenters. The molecule has 2 aromatic rings. The molecule has 0 N–H and O–H groups in total. The molecule has 0 spiro atoms. The molecule has 0 amide bonds. The summed E-state index contributed by atoms with van der Waals surface area (Å²) in [5.41, 5.74) is 1.49. The van der Waals surface area contributed by atoms with Crippen molar-refractivity contribution in [3.05, 3.63) is 46.3 Å². The van der Waals surface area contributed by atoms with Gasteiger partial charge < -0.3 is 4.52 Å². The van der Waals surface area contributed by atoms with Crippen molar-refractivity contribution in [2.75, 3.05) is 0 Å². The van der Waals surface area contributed by atoms with Gasteiger partial charge in [-0.2, -0.15) is 4.99 Å². The second-order valence-corrected chi connectivity index (χ2v) is 4.06. The molecule has 0 saturated carbocycles. The third-order valence-electron chi connectivity index (χ3n) is 2.07. The van der Waals surface area contributed by atoms with E-state index in [1.54, 1.807) is 0 Å². The van der Waals surface area contributed by atoms with Crippen LogP contribution in [-0.4, -0.2) is 11.2 Å². The van der Waals surface area contributed by atoms with Gasteiger partial charge in [0.1, 0.15) is 5.69 Å². The summed E-state index contributed by atoms with van der Waals surface area (Å²) in [5.74, 6) is 0.561. The molecule has 4 nitrogen and oxygen atoms in total. The Kier molecular flexibility index (Phi) is 3.29. The van der Waals surface area contributed by atoms with E-state index in [2.05, 4.69) is 26.1 Å². The van der Waals surface area contributed by atoms with Gasteiger partial charge in [0, 0.05) is 10.9 Å². The maximum Gasteiger partial charge on any atom is 0.240 e. The standard InChI is InChI=1S/C11H7BrN2O2/c12-9-3-1-8(2-4-9)5-11-10(13-7-15)6-14-16-11/h1-4,6H,5H2.